The molecule has 0 radical (unpaired) electrons. The van der Waals surface area contributed by atoms with E-state index in [9.17, 15) is 4.79 Å². The summed E-state index contributed by atoms with van der Waals surface area (Å²) in [4.78, 5) is 13.5. The summed E-state index contributed by atoms with van der Waals surface area (Å²) in [5.41, 5.74) is 0. The van der Waals surface area contributed by atoms with Gasteiger partial charge in [0.25, 0.3) is 0 Å². The SMILES string of the molecule is CC(C)C1CN(CC2CCOCC2)C(=O)O1. The Kier molecular flexibility index (Phi) is 3.69. The van der Waals surface area contributed by atoms with Crippen LogP contribution in [0, 0.1) is 11.8 Å². The molecule has 92 valence electrons. The van der Waals surface area contributed by atoms with Gasteiger partial charge in [-0.15, -0.1) is 0 Å². The Labute approximate surface area is 96.9 Å². The van der Waals surface area contributed by atoms with Crippen LogP contribution in [0.1, 0.15) is 26.7 Å². The normalized spacial score (nSPS) is 27.6. The smallest absolute Gasteiger partial charge is 0.410 e. The molecule has 2 saturated heterocycles. The van der Waals surface area contributed by atoms with Crippen LogP contribution >= 0.6 is 0 Å². The molecule has 0 saturated carbocycles. The van der Waals surface area contributed by atoms with Crippen LogP contribution in [-0.4, -0.2) is 43.4 Å². The van der Waals surface area contributed by atoms with Crippen LogP contribution in [-0.2, 0) is 9.47 Å². The maximum atomic E-state index is 11.6. The van der Waals surface area contributed by atoms with Gasteiger partial charge in [-0.3, -0.25) is 0 Å². The minimum Gasteiger partial charge on any atom is -0.444 e. The lowest BCUT2D eigenvalue weighted by Gasteiger charge is -2.25. The molecule has 0 N–H and O–H groups in total. The monoisotopic (exact) mass is 227 g/mol. The van der Waals surface area contributed by atoms with Crippen molar-refractivity contribution in [2.45, 2.75) is 32.8 Å². The molecule has 1 amide bonds. The molecule has 2 rings (SSSR count). The summed E-state index contributed by atoms with van der Waals surface area (Å²) >= 11 is 0. The number of ether oxygens (including phenoxy) is 2. The van der Waals surface area contributed by atoms with Gasteiger partial charge < -0.3 is 14.4 Å². The molecule has 0 spiro atoms. The van der Waals surface area contributed by atoms with E-state index in [1.165, 1.54) is 0 Å². The van der Waals surface area contributed by atoms with Gasteiger partial charge in [-0.25, -0.2) is 4.79 Å². The van der Waals surface area contributed by atoms with E-state index in [4.69, 9.17) is 9.47 Å². The molecule has 2 fully saturated rings. The fourth-order valence-corrected chi connectivity index (χ4v) is 2.27. The Morgan fingerprint density at radius 1 is 1.38 bits per heavy atom. The zero-order chi connectivity index (χ0) is 11.5. The van der Waals surface area contributed by atoms with Crippen LogP contribution < -0.4 is 0 Å². The van der Waals surface area contributed by atoms with Gasteiger partial charge in [0, 0.05) is 19.8 Å². The lowest BCUT2D eigenvalue weighted by molar-refractivity contribution is 0.0571. The first-order valence-corrected chi connectivity index (χ1v) is 6.20. The molecule has 16 heavy (non-hydrogen) atoms. The van der Waals surface area contributed by atoms with E-state index >= 15 is 0 Å². The number of carbonyl (C=O) groups excluding carboxylic acids is 1. The van der Waals surface area contributed by atoms with Crippen molar-refractivity contribution in [1.82, 2.24) is 4.90 Å². The predicted molar refractivity (Wildman–Crippen MR) is 60.2 cm³/mol. The van der Waals surface area contributed by atoms with Gasteiger partial charge in [0.2, 0.25) is 0 Å². The van der Waals surface area contributed by atoms with Gasteiger partial charge >= 0.3 is 6.09 Å². The molecule has 0 aromatic carbocycles. The number of hydrogen-bond donors (Lipinski definition) is 0. The molecule has 2 aliphatic heterocycles. The van der Waals surface area contributed by atoms with E-state index < -0.39 is 0 Å². The fourth-order valence-electron chi connectivity index (χ4n) is 2.27. The number of amides is 1. The van der Waals surface area contributed by atoms with Crippen LogP contribution in [0.2, 0.25) is 0 Å². The Morgan fingerprint density at radius 2 is 2.06 bits per heavy atom. The van der Waals surface area contributed by atoms with Gasteiger partial charge in [-0.1, -0.05) is 13.8 Å². The summed E-state index contributed by atoms with van der Waals surface area (Å²) in [7, 11) is 0. The second-order valence-electron chi connectivity index (χ2n) is 5.13. The van der Waals surface area contributed by atoms with Crippen molar-refractivity contribution >= 4 is 6.09 Å². The number of cyclic esters (lactones) is 1. The quantitative estimate of drug-likeness (QED) is 0.739. The molecule has 0 aromatic rings. The second-order valence-corrected chi connectivity index (χ2v) is 5.13. The predicted octanol–water partition coefficient (Wildman–Crippen LogP) is 1.89. The second kappa shape index (κ2) is 5.04. The van der Waals surface area contributed by atoms with E-state index in [-0.39, 0.29) is 12.2 Å². The molecule has 2 heterocycles. The average Bonchev–Trinajstić information content (AvgIpc) is 2.62. The molecule has 2 aliphatic rings. The molecule has 4 nitrogen and oxygen atoms in total. The van der Waals surface area contributed by atoms with Gasteiger partial charge in [0.05, 0.1) is 6.54 Å². The van der Waals surface area contributed by atoms with Gasteiger partial charge in [-0.05, 0) is 24.7 Å². The van der Waals surface area contributed by atoms with Crippen molar-refractivity contribution in [3.05, 3.63) is 0 Å². The number of nitrogens with zero attached hydrogens (tertiary/aromatic N) is 1. The molecule has 0 aromatic heterocycles. The van der Waals surface area contributed by atoms with Crippen LogP contribution in [0.3, 0.4) is 0 Å². The maximum Gasteiger partial charge on any atom is 0.410 e. The van der Waals surface area contributed by atoms with E-state index in [1.54, 1.807) is 0 Å². The van der Waals surface area contributed by atoms with E-state index in [2.05, 4.69) is 13.8 Å². The zero-order valence-corrected chi connectivity index (χ0v) is 10.1. The summed E-state index contributed by atoms with van der Waals surface area (Å²) in [6, 6.07) is 0. The highest BCUT2D eigenvalue weighted by atomic mass is 16.6. The zero-order valence-electron chi connectivity index (χ0n) is 10.1. The highest BCUT2D eigenvalue weighted by Crippen LogP contribution is 2.22. The summed E-state index contributed by atoms with van der Waals surface area (Å²) in [5.74, 6) is 0.996. The highest BCUT2D eigenvalue weighted by molar-refractivity contribution is 5.69. The largest absolute Gasteiger partial charge is 0.444 e. The Bertz CT molecular complexity index is 249. The average molecular weight is 227 g/mol. The third-order valence-electron chi connectivity index (χ3n) is 3.47. The fraction of sp³-hybridized carbons (Fsp3) is 0.917. The van der Waals surface area contributed by atoms with Gasteiger partial charge in [0.15, 0.2) is 0 Å². The van der Waals surface area contributed by atoms with Crippen molar-refractivity contribution in [3.8, 4) is 0 Å². The molecule has 0 bridgehead atoms. The molecular weight excluding hydrogens is 206 g/mol. The van der Waals surface area contributed by atoms with Gasteiger partial charge in [-0.2, -0.15) is 0 Å². The number of hydrogen-bond acceptors (Lipinski definition) is 3. The summed E-state index contributed by atoms with van der Waals surface area (Å²) in [6.07, 6.45) is 2.07. The molecule has 1 atom stereocenters. The van der Waals surface area contributed by atoms with E-state index in [0.717, 1.165) is 39.1 Å². The maximum absolute atomic E-state index is 11.6. The third-order valence-corrected chi connectivity index (χ3v) is 3.47. The number of rotatable bonds is 3. The molecule has 0 aliphatic carbocycles. The van der Waals surface area contributed by atoms with E-state index in [0.29, 0.717) is 11.8 Å². The first-order chi connectivity index (χ1) is 7.66. The minimum atomic E-state index is -0.134. The van der Waals surface area contributed by atoms with Crippen molar-refractivity contribution in [3.63, 3.8) is 0 Å². The number of carbonyl (C=O) groups is 1. The molecule has 1 unspecified atom stereocenters. The van der Waals surface area contributed by atoms with Crippen molar-refractivity contribution < 1.29 is 14.3 Å². The standard InChI is InChI=1S/C12H21NO3/c1-9(2)11-8-13(12(14)16-11)7-10-3-5-15-6-4-10/h9-11H,3-8H2,1-2H3. The van der Waals surface area contributed by atoms with Crippen molar-refractivity contribution in [2.75, 3.05) is 26.3 Å². The van der Waals surface area contributed by atoms with Crippen LogP contribution in [0.5, 0.6) is 0 Å². The molecule has 4 heteroatoms. The summed E-state index contributed by atoms with van der Waals surface area (Å²) in [5, 5.41) is 0. The van der Waals surface area contributed by atoms with E-state index in [1.807, 2.05) is 4.90 Å². The summed E-state index contributed by atoms with van der Waals surface area (Å²) < 4.78 is 10.6. The summed E-state index contributed by atoms with van der Waals surface area (Å²) in [6.45, 7) is 7.45. The van der Waals surface area contributed by atoms with Gasteiger partial charge in [0.1, 0.15) is 6.10 Å². The highest BCUT2D eigenvalue weighted by Gasteiger charge is 2.34. The first-order valence-electron chi connectivity index (χ1n) is 6.20. The Hall–Kier alpha value is -0.770. The lowest BCUT2D eigenvalue weighted by Crippen LogP contribution is -2.34. The van der Waals surface area contributed by atoms with Crippen LogP contribution in [0.25, 0.3) is 0 Å². The topological polar surface area (TPSA) is 38.8 Å². The lowest BCUT2D eigenvalue weighted by atomic mass is 9.99. The third kappa shape index (κ3) is 2.67. The Morgan fingerprint density at radius 3 is 2.62 bits per heavy atom. The first kappa shape index (κ1) is 11.7. The van der Waals surface area contributed by atoms with Crippen LogP contribution in [0.15, 0.2) is 0 Å². The van der Waals surface area contributed by atoms with Crippen molar-refractivity contribution in [2.24, 2.45) is 11.8 Å². The molecular formula is C12H21NO3. The minimum absolute atomic E-state index is 0.0762. The van der Waals surface area contributed by atoms with Crippen LogP contribution in [0.4, 0.5) is 4.79 Å². The van der Waals surface area contributed by atoms with Crippen molar-refractivity contribution in [1.29, 1.82) is 0 Å². The Balaban J connectivity index is 1.83.